The van der Waals surface area contributed by atoms with Gasteiger partial charge in [-0.3, -0.25) is 4.79 Å². The summed E-state index contributed by atoms with van der Waals surface area (Å²) in [5.74, 6) is 1.45. The second kappa shape index (κ2) is 11.7. The summed E-state index contributed by atoms with van der Waals surface area (Å²) in [5, 5.41) is 3.92. The van der Waals surface area contributed by atoms with Gasteiger partial charge in [0.15, 0.2) is 5.82 Å². The number of nitrogens with zero attached hydrogens (tertiary/aromatic N) is 4. The van der Waals surface area contributed by atoms with Crippen molar-refractivity contribution < 1.29 is 36.4 Å². The third-order valence-electron chi connectivity index (χ3n) is 8.20. The van der Waals surface area contributed by atoms with Gasteiger partial charge in [0, 0.05) is 32.8 Å². The van der Waals surface area contributed by atoms with Crippen molar-refractivity contribution in [3.05, 3.63) is 35.4 Å². The van der Waals surface area contributed by atoms with Gasteiger partial charge in [0.05, 0.1) is 13.0 Å². The SMILES string of the molecule is COCc1noc(N2CCC([C@H]3C[C@H]3CCOc3ccc(CC(=O)N4CCCC4C(F)(F)F)c(F)c3)CC2)n1. The zero-order valence-electron chi connectivity index (χ0n) is 22.0. The van der Waals surface area contributed by atoms with Gasteiger partial charge in [0.1, 0.15) is 24.2 Å². The van der Waals surface area contributed by atoms with E-state index in [2.05, 4.69) is 15.0 Å². The number of rotatable bonds is 10. The number of carbonyl (C=O) groups excluding carboxylic acids is 1. The Kier molecular flexibility index (Phi) is 8.29. The molecule has 1 aliphatic carbocycles. The summed E-state index contributed by atoms with van der Waals surface area (Å²) in [7, 11) is 1.59. The fourth-order valence-corrected chi connectivity index (χ4v) is 6.02. The van der Waals surface area contributed by atoms with Crippen LogP contribution < -0.4 is 9.64 Å². The lowest BCUT2D eigenvalue weighted by Crippen LogP contribution is -2.45. The van der Waals surface area contributed by atoms with Crippen molar-refractivity contribution in [3.63, 3.8) is 0 Å². The minimum absolute atomic E-state index is 0.0431. The molecule has 5 rings (SSSR count). The Morgan fingerprint density at radius 1 is 1.18 bits per heavy atom. The largest absolute Gasteiger partial charge is 0.493 e. The fraction of sp³-hybridized carbons (Fsp3) is 0.667. The Morgan fingerprint density at radius 3 is 2.69 bits per heavy atom. The highest BCUT2D eigenvalue weighted by Crippen LogP contribution is 2.50. The number of anilines is 1. The number of piperidine rings is 1. The Bertz CT molecular complexity index is 1140. The molecule has 2 saturated heterocycles. The number of likely N-dealkylation sites (tertiary alicyclic amines) is 1. The van der Waals surface area contributed by atoms with E-state index >= 15 is 0 Å². The standard InChI is InChI=1S/C27H34F4N4O4/c1-37-16-24-32-26(39-33-24)34-10-6-17(7-11-34)21-13-18(21)8-12-38-20-5-4-19(22(28)15-20)14-25(36)35-9-2-3-23(35)27(29,30)31/h4-5,15,17-18,21,23H,2-3,6-14,16H2,1H3/t18-,21-,23?/m1/s1. The van der Waals surface area contributed by atoms with Crippen LogP contribution in [0.15, 0.2) is 22.7 Å². The van der Waals surface area contributed by atoms with Crippen LogP contribution in [-0.4, -0.2) is 66.5 Å². The average Bonchev–Trinajstić information content (AvgIpc) is 3.27. The maximum atomic E-state index is 14.6. The van der Waals surface area contributed by atoms with E-state index in [0.717, 1.165) is 43.7 Å². The molecule has 39 heavy (non-hydrogen) atoms. The van der Waals surface area contributed by atoms with Crippen molar-refractivity contribution >= 4 is 11.9 Å². The topological polar surface area (TPSA) is 80.9 Å². The van der Waals surface area contributed by atoms with Crippen molar-refractivity contribution in [3.8, 4) is 5.75 Å². The quantitative estimate of drug-likeness (QED) is 0.392. The van der Waals surface area contributed by atoms with E-state index in [9.17, 15) is 22.4 Å². The van der Waals surface area contributed by atoms with Crippen LogP contribution in [0, 0.1) is 23.6 Å². The molecule has 2 aliphatic heterocycles. The summed E-state index contributed by atoms with van der Waals surface area (Å²) in [6.45, 7) is 2.58. The van der Waals surface area contributed by atoms with Crippen molar-refractivity contribution in [2.75, 3.05) is 38.3 Å². The number of hydrogen-bond donors (Lipinski definition) is 0. The third-order valence-corrected chi connectivity index (χ3v) is 8.20. The molecule has 3 aliphatic rings. The molecule has 1 aromatic carbocycles. The lowest BCUT2D eigenvalue weighted by atomic mass is 9.90. The summed E-state index contributed by atoms with van der Waals surface area (Å²) in [5.41, 5.74) is 0.0734. The van der Waals surface area contributed by atoms with Gasteiger partial charge in [-0.25, -0.2) is 4.39 Å². The molecular formula is C27H34F4N4O4. The van der Waals surface area contributed by atoms with Crippen molar-refractivity contribution in [2.45, 2.75) is 63.8 Å². The van der Waals surface area contributed by atoms with Gasteiger partial charge < -0.3 is 23.8 Å². The molecule has 3 fully saturated rings. The van der Waals surface area contributed by atoms with Crippen molar-refractivity contribution in [1.82, 2.24) is 15.0 Å². The van der Waals surface area contributed by atoms with Crippen LogP contribution in [0.3, 0.4) is 0 Å². The van der Waals surface area contributed by atoms with E-state index in [4.69, 9.17) is 14.0 Å². The van der Waals surface area contributed by atoms with E-state index in [1.807, 2.05) is 0 Å². The number of amides is 1. The highest BCUT2D eigenvalue weighted by molar-refractivity contribution is 5.79. The molecule has 0 spiro atoms. The minimum atomic E-state index is -4.47. The van der Waals surface area contributed by atoms with Crippen molar-refractivity contribution in [1.29, 1.82) is 0 Å². The van der Waals surface area contributed by atoms with E-state index < -0.39 is 30.4 Å². The number of carbonyl (C=O) groups is 1. The van der Waals surface area contributed by atoms with Crippen molar-refractivity contribution in [2.24, 2.45) is 17.8 Å². The molecule has 1 saturated carbocycles. The molecule has 2 aromatic rings. The number of aromatic nitrogens is 2. The normalized spacial score (nSPS) is 23.9. The summed E-state index contributed by atoms with van der Waals surface area (Å²) < 4.78 is 70.2. The average molecular weight is 555 g/mol. The molecule has 214 valence electrons. The van der Waals surface area contributed by atoms with E-state index in [1.54, 1.807) is 13.2 Å². The highest BCUT2D eigenvalue weighted by atomic mass is 19.4. The van der Waals surface area contributed by atoms with Gasteiger partial charge in [-0.05, 0) is 67.9 Å². The van der Waals surface area contributed by atoms with Gasteiger partial charge in [0.25, 0.3) is 0 Å². The number of alkyl halides is 3. The Balaban J connectivity index is 1.03. The third kappa shape index (κ3) is 6.64. The summed E-state index contributed by atoms with van der Waals surface area (Å²) in [6, 6.07) is 2.98. The van der Waals surface area contributed by atoms with Gasteiger partial charge in [-0.2, -0.15) is 18.2 Å². The zero-order valence-corrected chi connectivity index (χ0v) is 22.0. The molecular weight excluding hydrogens is 520 g/mol. The molecule has 12 heteroatoms. The maximum Gasteiger partial charge on any atom is 0.408 e. The predicted molar refractivity (Wildman–Crippen MR) is 133 cm³/mol. The smallest absolute Gasteiger partial charge is 0.408 e. The molecule has 3 atom stereocenters. The summed E-state index contributed by atoms with van der Waals surface area (Å²) in [6.07, 6.45) is -0.508. The van der Waals surface area contributed by atoms with Gasteiger partial charge in [-0.1, -0.05) is 11.2 Å². The van der Waals surface area contributed by atoms with Gasteiger partial charge >= 0.3 is 12.2 Å². The summed E-state index contributed by atoms with van der Waals surface area (Å²) >= 11 is 0. The zero-order chi connectivity index (χ0) is 27.6. The lowest BCUT2D eigenvalue weighted by Gasteiger charge is -2.30. The molecule has 3 heterocycles. The number of ether oxygens (including phenoxy) is 2. The first-order chi connectivity index (χ1) is 18.7. The van der Waals surface area contributed by atoms with E-state index in [-0.39, 0.29) is 18.5 Å². The Labute approximate surface area is 224 Å². The van der Waals surface area contributed by atoms with Gasteiger partial charge in [-0.15, -0.1) is 0 Å². The number of halogens is 4. The fourth-order valence-electron chi connectivity index (χ4n) is 6.02. The predicted octanol–water partition coefficient (Wildman–Crippen LogP) is 4.77. The minimum Gasteiger partial charge on any atom is -0.493 e. The van der Waals surface area contributed by atoms with Crippen LogP contribution in [0.1, 0.15) is 49.9 Å². The van der Waals surface area contributed by atoms with Gasteiger partial charge in [0.2, 0.25) is 5.91 Å². The molecule has 0 radical (unpaired) electrons. The molecule has 0 bridgehead atoms. The Hall–Kier alpha value is -2.89. The van der Waals surface area contributed by atoms with E-state index in [0.29, 0.717) is 55.0 Å². The number of benzene rings is 1. The Morgan fingerprint density at radius 2 is 1.97 bits per heavy atom. The highest BCUT2D eigenvalue weighted by Gasteiger charge is 2.47. The first kappa shape index (κ1) is 27.7. The molecule has 1 aromatic heterocycles. The number of methoxy groups -OCH3 is 1. The molecule has 1 amide bonds. The second-order valence-electron chi connectivity index (χ2n) is 10.8. The monoisotopic (exact) mass is 554 g/mol. The molecule has 0 N–H and O–H groups in total. The van der Waals surface area contributed by atoms with Crippen LogP contribution in [-0.2, 0) is 22.6 Å². The van der Waals surface area contributed by atoms with Crippen LogP contribution in [0.5, 0.6) is 5.75 Å². The number of hydrogen-bond acceptors (Lipinski definition) is 7. The van der Waals surface area contributed by atoms with E-state index in [1.165, 1.54) is 12.1 Å². The first-order valence-corrected chi connectivity index (χ1v) is 13.6. The maximum absolute atomic E-state index is 14.6. The van der Waals surface area contributed by atoms with Crippen LogP contribution in [0.4, 0.5) is 23.6 Å². The van der Waals surface area contributed by atoms with Crippen LogP contribution in [0.25, 0.3) is 0 Å². The lowest BCUT2D eigenvalue weighted by molar-refractivity contribution is -0.182. The van der Waals surface area contributed by atoms with Crippen LogP contribution >= 0.6 is 0 Å². The second-order valence-corrected chi connectivity index (χ2v) is 10.8. The molecule has 8 nitrogen and oxygen atoms in total. The first-order valence-electron chi connectivity index (χ1n) is 13.6. The molecule has 1 unspecified atom stereocenters. The summed E-state index contributed by atoms with van der Waals surface area (Å²) in [4.78, 5) is 19.8. The van der Waals surface area contributed by atoms with Crippen LogP contribution in [0.2, 0.25) is 0 Å².